The minimum atomic E-state index is -4.65. The van der Waals surface area contributed by atoms with Crippen LogP contribution in [0.2, 0.25) is 0 Å². The van der Waals surface area contributed by atoms with Gasteiger partial charge in [0.05, 0.1) is 0 Å². The van der Waals surface area contributed by atoms with Gasteiger partial charge in [-0.25, -0.2) is 0 Å². The Bertz CT molecular complexity index is 647. The number of halogens is 3. The second kappa shape index (κ2) is 5.15. The van der Waals surface area contributed by atoms with E-state index in [1.165, 1.54) is 0 Å². The predicted octanol–water partition coefficient (Wildman–Crippen LogP) is 4.31. The van der Waals surface area contributed by atoms with Crippen molar-refractivity contribution < 1.29 is 22.7 Å². The summed E-state index contributed by atoms with van der Waals surface area (Å²) in [6.07, 6.45) is -6.90. The van der Waals surface area contributed by atoms with Gasteiger partial charge in [-0.2, -0.15) is 13.2 Å². The van der Waals surface area contributed by atoms with E-state index >= 15 is 0 Å². The lowest BCUT2D eigenvalue weighted by atomic mass is 9.95. The minimum absolute atomic E-state index is 0.00852. The van der Waals surface area contributed by atoms with Crippen LogP contribution in [0.1, 0.15) is 24.2 Å². The van der Waals surface area contributed by atoms with Gasteiger partial charge in [-0.15, -0.1) is 0 Å². The Hall–Kier alpha value is -2.04. The van der Waals surface area contributed by atoms with Gasteiger partial charge < -0.3 is 4.74 Å². The zero-order valence-corrected chi connectivity index (χ0v) is 11.0. The first-order valence-corrected chi connectivity index (χ1v) is 6.03. The van der Waals surface area contributed by atoms with E-state index in [1.807, 2.05) is 0 Å². The van der Waals surface area contributed by atoms with Gasteiger partial charge in [-0.3, -0.25) is 4.79 Å². The summed E-state index contributed by atoms with van der Waals surface area (Å²) in [5.74, 6) is -0.959. The molecule has 0 aliphatic carbocycles. The SMILES string of the molecule is CC(=O)O[C@@H](c1c(C)ccc2ccccc12)C(F)(F)F. The molecule has 0 radical (unpaired) electrons. The molecular weight excluding hydrogens is 269 g/mol. The standard InChI is InChI=1S/C15H13F3O2/c1-9-7-8-11-5-3-4-6-12(11)13(9)14(15(16,17)18)20-10(2)19/h3-8,14H,1-2H3/t14-/m0/s1. The first kappa shape index (κ1) is 14.4. The Labute approximate surface area is 114 Å². The molecule has 0 heterocycles. The molecule has 2 rings (SSSR count). The molecule has 1 atom stereocenters. The molecule has 20 heavy (non-hydrogen) atoms. The van der Waals surface area contributed by atoms with Crippen LogP contribution in [0.25, 0.3) is 10.8 Å². The number of esters is 1. The smallest absolute Gasteiger partial charge is 0.429 e. The number of hydrogen-bond donors (Lipinski definition) is 0. The molecule has 0 N–H and O–H groups in total. The molecule has 5 heteroatoms. The molecule has 0 aliphatic rings. The summed E-state index contributed by atoms with van der Waals surface area (Å²) in [6.45, 7) is 2.54. The number of benzene rings is 2. The number of alkyl halides is 3. The van der Waals surface area contributed by atoms with Crippen molar-refractivity contribution in [1.82, 2.24) is 0 Å². The van der Waals surface area contributed by atoms with Crippen LogP contribution >= 0.6 is 0 Å². The number of hydrogen-bond acceptors (Lipinski definition) is 2. The first-order valence-electron chi connectivity index (χ1n) is 6.03. The van der Waals surface area contributed by atoms with Crippen LogP contribution < -0.4 is 0 Å². The molecule has 0 spiro atoms. The molecule has 2 nitrogen and oxygen atoms in total. The van der Waals surface area contributed by atoms with E-state index in [4.69, 9.17) is 0 Å². The number of aryl methyl sites for hydroxylation is 1. The van der Waals surface area contributed by atoms with Crippen LogP contribution in [0.3, 0.4) is 0 Å². The van der Waals surface area contributed by atoms with E-state index in [0.29, 0.717) is 16.3 Å². The van der Waals surface area contributed by atoms with E-state index in [1.54, 1.807) is 43.3 Å². The van der Waals surface area contributed by atoms with Crippen molar-refractivity contribution in [2.45, 2.75) is 26.1 Å². The normalized spacial score (nSPS) is 13.2. The molecule has 0 unspecified atom stereocenters. The van der Waals surface area contributed by atoms with Gasteiger partial charge >= 0.3 is 12.1 Å². The molecule has 0 saturated heterocycles. The molecule has 2 aromatic rings. The van der Waals surface area contributed by atoms with Crippen molar-refractivity contribution in [3.8, 4) is 0 Å². The third kappa shape index (κ3) is 2.76. The molecule has 106 valence electrons. The highest BCUT2D eigenvalue weighted by molar-refractivity contribution is 5.87. The van der Waals surface area contributed by atoms with Crippen molar-refractivity contribution in [2.75, 3.05) is 0 Å². The third-order valence-electron chi connectivity index (χ3n) is 3.03. The summed E-state index contributed by atoms with van der Waals surface area (Å²) in [7, 11) is 0. The summed E-state index contributed by atoms with van der Waals surface area (Å²) >= 11 is 0. The summed E-state index contributed by atoms with van der Waals surface area (Å²) in [5, 5.41) is 1.12. The molecular formula is C15H13F3O2. The van der Waals surface area contributed by atoms with Crippen molar-refractivity contribution >= 4 is 16.7 Å². The maximum atomic E-state index is 13.2. The lowest BCUT2D eigenvalue weighted by Crippen LogP contribution is -2.26. The van der Waals surface area contributed by atoms with Gasteiger partial charge in [0.1, 0.15) is 0 Å². The Morgan fingerprint density at radius 3 is 2.40 bits per heavy atom. The van der Waals surface area contributed by atoms with Crippen molar-refractivity contribution in [3.05, 3.63) is 47.5 Å². The monoisotopic (exact) mass is 282 g/mol. The molecule has 0 saturated carbocycles. The van der Waals surface area contributed by atoms with Crippen molar-refractivity contribution in [1.29, 1.82) is 0 Å². The molecule has 0 aromatic heterocycles. The minimum Gasteiger partial charge on any atom is -0.448 e. The number of rotatable bonds is 2. The number of carbonyl (C=O) groups excluding carboxylic acids is 1. The summed E-state index contributed by atoms with van der Waals surface area (Å²) in [6, 6.07) is 10.1. The largest absolute Gasteiger partial charge is 0.448 e. The molecule has 0 amide bonds. The van der Waals surface area contributed by atoms with Crippen LogP contribution in [-0.4, -0.2) is 12.1 Å². The Morgan fingerprint density at radius 1 is 1.15 bits per heavy atom. The fourth-order valence-corrected chi connectivity index (χ4v) is 2.21. The zero-order chi connectivity index (χ0) is 14.9. The Kier molecular flexibility index (Phi) is 3.70. The van der Waals surface area contributed by atoms with E-state index in [0.717, 1.165) is 6.92 Å². The van der Waals surface area contributed by atoms with Crippen LogP contribution in [0.5, 0.6) is 0 Å². The highest BCUT2D eigenvalue weighted by atomic mass is 19.4. The van der Waals surface area contributed by atoms with Gasteiger partial charge in [0.15, 0.2) is 0 Å². The molecule has 0 aliphatic heterocycles. The summed E-state index contributed by atoms with van der Waals surface area (Å²) in [5.41, 5.74) is 0.429. The highest BCUT2D eigenvalue weighted by Crippen LogP contribution is 2.40. The second-order valence-corrected chi connectivity index (χ2v) is 4.55. The Balaban J connectivity index is 2.69. The first-order chi connectivity index (χ1) is 9.30. The quantitative estimate of drug-likeness (QED) is 0.767. The maximum Gasteiger partial charge on any atom is 0.429 e. The lowest BCUT2D eigenvalue weighted by molar-refractivity contribution is -0.222. The second-order valence-electron chi connectivity index (χ2n) is 4.55. The van der Waals surface area contributed by atoms with E-state index in [9.17, 15) is 18.0 Å². The van der Waals surface area contributed by atoms with E-state index in [-0.39, 0.29) is 5.56 Å². The van der Waals surface area contributed by atoms with Crippen LogP contribution in [0.15, 0.2) is 36.4 Å². The fraction of sp³-hybridized carbons (Fsp3) is 0.267. The average Bonchev–Trinajstić information content (AvgIpc) is 2.35. The highest BCUT2D eigenvalue weighted by Gasteiger charge is 2.45. The lowest BCUT2D eigenvalue weighted by Gasteiger charge is -2.23. The van der Waals surface area contributed by atoms with Crippen LogP contribution in [0.4, 0.5) is 13.2 Å². The van der Waals surface area contributed by atoms with E-state index in [2.05, 4.69) is 4.74 Å². The van der Waals surface area contributed by atoms with Crippen LogP contribution in [-0.2, 0) is 9.53 Å². The Morgan fingerprint density at radius 2 is 1.80 bits per heavy atom. The van der Waals surface area contributed by atoms with Gasteiger partial charge in [-0.1, -0.05) is 36.4 Å². The summed E-state index contributed by atoms with van der Waals surface area (Å²) < 4.78 is 44.1. The van der Waals surface area contributed by atoms with Gasteiger partial charge in [0, 0.05) is 12.5 Å². The molecule has 0 bridgehead atoms. The van der Waals surface area contributed by atoms with Gasteiger partial charge in [0.25, 0.3) is 0 Å². The number of carbonyl (C=O) groups is 1. The molecule has 0 fully saturated rings. The average molecular weight is 282 g/mol. The summed E-state index contributed by atoms with van der Waals surface area (Å²) in [4.78, 5) is 11.0. The zero-order valence-electron chi connectivity index (χ0n) is 11.0. The van der Waals surface area contributed by atoms with Crippen molar-refractivity contribution in [2.24, 2.45) is 0 Å². The van der Waals surface area contributed by atoms with Crippen LogP contribution in [0, 0.1) is 6.92 Å². The maximum absolute atomic E-state index is 13.2. The predicted molar refractivity (Wildman–Crippen MR) is 69.2 cm³/mol. The topological polar surface area (TPSA) is 26.3 Å². The van der Waals surface area contributed by atoms with Crippen molar-refractivity contribution in [3.63, 3.8) is 0 Å². The third-order valence-corrected chi connectivity index (χ3v) is 3.03. The number of ether oxygens (including phenoxy) is 1. The molecule has 2 aromatic carbocycles. The fourth-order valence-electron chi connectivity index (χ4n) is 2.21. The van der Waals surface area contributed by atoms with Gasteiger partial charge in [0.2, 0.25) is 6.10 Å². The number of fused-ring (bicyclic) bond motifs is 1. The van der Waals surface area contributed by atoms with E-state index < -0.39 is 18.2 Å². The van der Waals surface area contributed by atoms with Gasteiger partial charge in [-0.05, 0) is 23.3 Å².